The molecule has 0 unspecified atom stereocenters. The smallest absolute Gasteiger partial charge is 0.244 e. The Morgan fingerprint density at radius 1 is 1.08 bits per heavy atom. The summed E-state index contributed by atoms with van der Waals surface area (Å²) in [5.74, 6) is 1.65. The van der Waals surface area contributed by atoms with Crippen molar-refractivity contribution < 1.29 is 14.3 Å². The van der Waals surface area contributed by atoms with Crippen LogP contribution in [0.2, 0.25) is 0 Å². The van der Waals surface area contributed by atoms with Gasteiger partial charge in [-0.25, -0.2) is 4.98 Å². The summed E-state index contributed by atoms with van der Waals surface area (Å²) in [5, 5.41) is 2.84. The SMILES string of the molecule is COc1cc(NC(=O)Cn2ccnc2-c2ccccn2)cc(OC)c1. The number of pyridine rings is 1. The molecule has 7 heteroatoms. The number of nitrogens with one attached hydrogen (secondary N) is 1. The lowest BCUT2D eigenvalue weighted by molar-refractivity contribution is -0.116. The number of carbonyl (C=O) groups is 1. The normalized spacial score (nSPS) is 10.3. The van der Waals surface area contributed by atoms with Gasteiger partial charge in [-0.2, -0.15) is 0 Å². The molecule has 1 N–H and O–H groups in total. The molecule has 0 saturated heterocycles. The van der Waals surface area contributed by atoms with Gasteiger partial charge in [0.1, 0.15) is 23.7 Å². The predicted molar refractivity (Wildman–Crippen MR) is 93.6 cm³/mol. The molecule has 2 heterocycles. The van der Waals surface area contributed by atoms with Crippen molar-refractivity contribution in [3.05, 3.63) is 55.0 Å². The lowest BCUT2D eigenvalue weighted by atomic mass is 10.2. The van der Waals surface area contributed by atoms with Crippen LogP contribution in [0.3, 0.4) is 0 Å². The third kappa shape index (κ3) is 3.95. The summed E-state index contributed by atoms with van der Waals surface area (Å²) in [6.07, 6.45) is 5.08. The summed E-state index contributed by atoms with van der Waals surface area (Å²) in [6, 6.07) is 10.8. The predicted octanol–water partition coefficient (Wildman–Crippen LogP) is 2.60. The summed E-state index contributed by atoms with van der Waals surface area (Å²) in [7, 11) is 3.12. The average Bonchev–Trinajstić information content (AvgIpc) is 3.09. The average molecular weight is 338 g/mol. The van der Waals surface area contributed by atoms with Gasteiger partial charge in [-0.15, -0.1) is 0 Å². The van der Waals surface area contributed by atoms with E-state index in [4.69, 9.17) is 9.47 Å². The number of rotatable bonds is 6. The second-order valence-corrected chi connectivity index (χ2v) is 5.24. The minimum absolute atomic E-state index is 0.117. The van der Waals surface area contributed by atoms with Crippen LogP contribution in [-0.4, -0.2) is 34.7 Å². The van der Waals surface area contributed by atoms with Crippen LogP contribution in [0.1, 0.15) is 0 Å². The highest BCUT2D eigenvalue weighted by molar-refractivity contribution is 5.91. The van der Waals surface area contributed by atoms with Crippen molar-refractivity contribution >= 4 is 11.6 Å². The number of hydrogen-bond acceptors (Lipinski definition) is 5. The first kappa shape index (κ1) is 16.5. The molecule has 0 aliphatic rings. The number of benzene rings is 1. The second kappa shape index (κ2) is 7.48. The number of imidazole rings is 1. The monoisotopic (exact) mass is 338 g/mol. The van der Waals surface area contributed by atoms with Crippen LogP contribution >= 0.6 is 0 Å². The molecule has 0 fully saturated rings. The molecule has 3 aromatic rings. The van der Waals surface area contributed by atoms with Gasteiger partial charge in [0.25, 0.3) is 0 Å². The first-order valence-electron chi connectivity index (χ1n) is 7.65. The highest BCUT2D eigenvalue weighted by Crippen LogP contribution is 2.25. The van der Waals surface area contributed by atoms with E-state index in [0.29, 0.717) is 28.7 Å². The molecule has 1 amide bonds. The first-order chi connectivity index (χ1) is 12.2. The van der Waals surface area contributed by atoms with E-state index in [0.717, 1.165) is 0 Å². The molecular formula is C18H18N4O3. The Balaban J connectivity index is 1.75. The van der Waals surface area contributed by atoms with Crippen LogP contribution in [0.5, 0.6) is 11.5 Å². The quantitative estimate of drug-likeness (QED) is 0.747. The Morgan fingerprint density at radius 3 is 2.48 bits per heavy atom. The third-order valence-electron chi connectivity index (χ3n) is 3.56. The van der Waals surface area contributed by atoms with Crippen molar-refractivity contribution in [3.63, 3.8) is 0 Å². The van der Waals surface area contributed by atoms with E-state index < -0.39 is 0 Å². The Bertz CT molecular complexity index is 840. The van der Waals surface area contributed by atoms with E-state index in [1.807, 2.05) is 18.2 Å². The topological polar surface area (TPSA) is 78.3 Å². The van der Waals surface area contributed by atoms with E-state index in [9.17, 15) is 4.79 Å². The molecule has 0 spiro atoms. The van der Waals surface area contributed by atoms with Gasteiger partial charge in [0.15, 0.2) is 5.82 Å². The van der Waals surface area contributed by atoms with Gasteiger partial charge in [0, 0.05) is 42.5 Å². The summed E-state index contributed by atoms with van der Waals surface area (Å²) < 4.78 is 12.2. The van der Waals surface area contributed by atoms with Gasteiger partial charge in [-0.3, -0.25) is 9.78 Å². The molecule has 0 radical (unpaired) electrons. The minimum Gasteiger partial charge on any atom is -0.497 e. The number of nitrogens with zero attached hydrogens (tertiary/aromatic N) is 3. The zero-order valence-corrected chi connectivity index (χ0v) is 14.0. The van der Waals surface area contributed by atoms with Gasteiger partial charge in [0.2, 0.25) is 5.91 Å². The molecule has 1 aromatic carbocycles. The van der Waals surface area contributed by atoms with Crippen molar-refractivity contribution in [2.24, 2.45) is 0 Å². The fourth-order valence-electron chi connectivity index (χ4n) is 2.40. The molecule has 25 heavy (non-hydrogen) atoms. The standard InChI is InChI=1S/C18H18N4O3/c1-24-14-9-13(10-15(11-14)25-2)21-17(23)12-22-8-7-20-18(22)16-5-3-4-6-19-16/h3-11H,12H2,1-2H3,(H,21,23). The van der Waals surface area contributed by atoms with Gasteiger partial charge in [-0.1, -0.05) is 6.07 Å². The van der Waals surface area contributed by atoms with Crippen molar-refractivity contribution in [1.82, 2.24) is 14.5 Å². The maximum atomic E-state index is 12.4. The van der Waals surface area contributed by atoms with Crippen LogP contribution in [0.15, 0.2) is 55.0 Å². The number of carbonyl (C=O) groups excluding carboxylic acids is 1. The molecule has 2 aromatic heterocycles. The van der Waals surface area contributed by atoms with E-state index in [2.05, 4.69) is 15.3 Å². The maximum Gasteiger partial charge on any atom is 0.244 e. The van der Waals surface area contributed by atoms with Gasteiger partial charge < -0.3 is 19.4 Å². The maximum absolute atomic E-state index is 12.4. The Labute approximate surface area is 145 Å². The number of amides is 1. The molecule has 7 nitrogen and oxygen atoms in total. The molecule has 0 atom stereocenters. The van der Waals surface area contributed by atoms with Crippen LogP contribution in [-0.2, 0) is 11.3 Å². The largest absolute Gasteiger partial charge is 0.497 e. The fourth-order valence-corrected chi connectivity index (χ4v) is 2.40. The lowest BCUT2D eigenvalue weighted by Gasteiger charge is -2.11. The molecule has 0 saturated carbocycles. The summed E-state index contributed by atoms with van der Waals surface area (Å²) in [5.41, 5.74) is 1.31. The van der Waals surface area contributed by atoms with Crippen LogP contribution in [0.25, 0.3) is 11.5 Å². The number of hydrogen-bond donors (Lipinski definition) is 1. The van der Waals surface area contributed by atoms with Gasteiger partial charge in [0.05, 0.1) is 14.2 Å². The van der Waals surface area contributed by atoms with Crippen molar-refractivity contribution in [1.29, 1.82) is 0 Å². The number of aromatic nitrogens is 3. The van der Waals surface area contributed by atoms with Gasteiger partial charge >= 0.3 is 0 Å². The molecule has 128 valence electrons. The van der Waals surface area contributed by atoms with Crippen molar-refractivity contribution in [3.8, 4) is 23.0 Å². The number of anilines is 1. The molecule has 0 bridgehead atoms. The third-order valence-corrected chi connectivity index (χ3v) is 3.56. The summed E-state index contributed by atoms with van der Waals surface area (Å²) >= 11 is 0. The minimum atomic E-state index is -0.189. The first-order valence-corrected chi connectivity index (χ1v) is 7.65. The zero-order valence-electron chi connectivity index (χ0n) is 14.0. The molecule has 3 rings (SSSR count). The van der Waals surface area contributed by atoms with Crippen molar-refractivity contribution in [2.45, 2.75) is 6.54 Å². The zero-order chi connectivity index (χ0) is 17.6. The van der Waals surface area contributed by atoms with Crippen LogP contribution < -0.4 is 14.8 Å². The van der Waals surface area contributed by atoms with E-state index in [-0.39, 0.29) is 12.5 Å². The van der Waals surface area contributed by atoms with E-state index in [1.165, 1.54) is 0 Å². The highest BCUT2D eigenvalue weighted by atomic mass is 16.5. The molecule has 0 aliphatic carbocycles. The second-order valence-electron chi connectivity index (χ2n) is 5.24. The Morgan fingerprint density at radius 2 is 1.84 bits per heavy atom. The highest BCUT2D eigenvalue weighted by Gasteiger charge is 2.11. The fraction of sp³-hybridized carbons (Fsp3) is 0.167. The van der Waals surface area contributed by atoms with Gasteiger partial charge in [-0.05, 0) is 12.1 Å². The van der Waals surface area contributed by atoms with E-state index >= 15 is 0 Å². The van der Waals surface area contributed by atoms with E-state index in [1.54, 1.807) is 55.6 Å². The van der Waals surface area contributed by atoms with Crippen LogP contribution in [0.4, 0.5) is 5.69 Å². The lowest BCUT2D eigenvalue weighted by Crippen LogP contribution is -2.19. The molecular weight excluding hydrogens is 320 g/mol. The summed E-state index contributed by atoms with van der Waals surface area (Å²) in [4.78, 5) is 21.0. The molecule has 0 aliphatic heterocycles. The Kier molecular flexibility index (Phi) is 4.94. The summed E-state index contributed by atoms with van der Waals surface area (Å²) in [6.45, 7) is 0.117. The van der Waals surface area contributed by atoms with Crippen molar-refractivity contribution in [2.75, 3.05) is 19.5 Å². The number of methoxy groups -OCH3 is 2. The number of ether oxygens (including phenoxy) is 2. The Hall–Kier alpha value is -3.35. The van der Waals surface area contributed by atoms with Crippen LogP contribution in [0, 0.1) is 0 Å².